The predicted molar refractivity (Wildman–Crippen MR) is 134 cm³/mol. The van der Waals surface area contributed by atoms with Crippen LogP contribution < -0.4 is 14.9 Å². The molecule has 0 spiro atoms. The van der Waals surface area contributed by atoms with E-state index in [-0.39, 0.29) is 16.8 Å². The van der Waals surface area contributed by atoms with Crippen LogP contribution in [0.5, 0.6) is 0 Å². The van der Waals surface area contributed by atoms with Crippen LogP contribution in [0.4, 0.5) is 0 Å². The molecule has 0 bridgehead atoms. The Kier molecular flexibility index (Phi) is 5.47. The summed E-state index contributed by atoms with van der Waals surface area (Å²) in [5, 5.41) is 0. The minimum atomic E-state index is -0.456. The fourth-order valence-electron chi connectivity index (χ4n) is 4.46. The molecule has 0 saturated carbocycles. The molecule has 1 aromatic heterocycles. The first-order chi connectivity index (χ1) is 15.2. The maximum absolute atomic E-state index is 13.6. The summed E-state index contributed by atoms with van der Waals surface area (Å²) in [4.78, 5) is 32.4. The van der Waals surface area contributed by atoms with Crippen molar-refractivity contribution in [2.45, 2.75) is 32.7 Å². The molecule has 2 aromatic carbocycles. The van der Waals surface area contributed by atoms with E-state index in [1.807, 2.05) is 54.6 Å². The van der Waals surface area contributed by atoms with E-state index in [4.69, 9.17) is 4.99 Å². The summed E-state index contributed by atoms with van der Waals surface area (Å²) in [5.74, 6) is 0.0780. The zero-order valence-electron chi connectivity index (χ0n) is 17.6. The lowest BCUT2D eigenvalue weighted by Crippen LogP contribution is -2.42. The van der Waals surface area contributed by atoms with Crippen molar-refractivity contribution >= 4 is 55.1 Å². The van der Waals surface area contributed by atoms with Crippen molar-refractivity contribution in [1.82, 2.24) is 4.57 Å². The first kappa shape index (κ1) is 21.7. The Morgan fingerprint density at radius 1 is 1.06 bits per heavy atom. The van der Waals surface area contributed by atoms with Crippen LogP contribution in [0.3, 0.4) is 0 Å². The molecular weight excluding hydrogens is 552 g/mol. The Balaban J connectivity index is 1.77. The number of benzene rings is 2. The van der Waals surface area contributed by atoms with Crippen molar-refractivity contribution in [3.05, 3.63) is 99.6 Å². The van der Waals surface area contributed by atoms with Crippen molar-refractivity contribution in [1.29, 1.82) is 0 Å². The fraction of sp³-hybridized carbons (Fsp3) is 0.240. The summed E-state index contributed by atoms with van der Waals surface area (Å²) in [6, 6.07) is 15.2. The molecular formula is C25H20Br2N2O2S. The van der Waals surface area contributed by atoms with Gasteiger partial charge in [0.2, 0.25) is 0 Å². The van der Waals surface area contributed by atoms with E-state index in [9.17, 15) is 9.59 Å². The molecule has 0 radical (unpaired) electrons. The van der Waals surface area contributed by atoms with Crippen LogP contribution in [0.15, 0.2) is 78.5 Å². The molecule has 3 aromatic rings. The summed E-state index contributed by atoms with van der Waals surface area (Å²) in [5.41, 5.74) is 3.06. The van der Waals surface area contributed by atoms with E-state index in [2.05, 4.69) is 45.7 Å². The van der Waals surface area contributed by atoms with Gasteiger partial charge in [0.25, 0.3) is 5.56 Å². The van der Waals surface area contributed by atoms with Gasteiger partial charge in [-0.3, -0.25) is 14.2 Å². The third kappa shape index (κ3) is 3.91. The molecule has 1 aliphatic carbocycles. The monoisotopic (exact) mass is 570 g/mol. The lowest BCUT2D eigenvalue weighted by Gasteiger charge is -2.35. The molecule has 7 heteroatoms. The van der Waals surface area contributed by atoms with Crippen molar-refractivity contribution in [3.63, 3.8) is 0 Å². The number of hydrogen-bond acceptors (Lipinski definition) is 4. The number of halogens is 2. The lowest BCUT2D eigenvalue weighted by atomic mass is 9.73. The number of ketones is 1. The predicted octanol–water partition coefficient (Wildman–Crippen LogP) is 5.13. The van der Waals surface area contributed by atoms with Crippen LogP contribution in [-0.4, -0.2) is 10.4 Å². The maximum atomic E-state index is 13.6. The average molecular weight is 572 g/mol. The van der Waals surface area contributed by atoms with Gasteiger partial charge >= 0.3 is 0 Å². The number of hydrogen-bond donors (Lipinski definition) is 0. The quantitative estimate of drug-likeness (QED) is 0.428. The van der Waals surface area contributed by atoms with Gasteiger partial charge < -0.3 is 0 Å². The Labute approximate surface area is 206 Å². The second-order valence-electron chi connectivity index (χ2n) is 8.99. The molecule has 1 unspecified atom stereocenters. The molecule has 1 aliphatic heterocycles. The maximum Gasteiger partial charge on any atom is 0.271 e. The average Bonchev–Trinajstić information content (AvgIpc) is 3.01. The van der Waals surface area contributed by atoms with Gasteiger partial charge in [0, 0.05) is 20.9 Å². The number of rotatable bonds is 2. The van der Waals surface area contributed by atoms with Crippen LogP contribution in [-0.2, 0) is 4.79 Å². The van der Waals surface area contributed by atoms with Crippen molar-refractivity contribution in [2.24, 2.45) is 10.4 Å². The summed E-state index contributed by atoms with van der Waals surface area (Å²) in [7, 11) is 0. The molecule has 2 heterocycles. The first-order valence-corrected chi connectivity index (χ1v) is 12.7. The number of carbonyl (C=O) groups excluding carboxylic acids is 1. The smallest absolute Gasteiger partial charge is 0.271 e. The van der Waals surface area contributed by atoms with E-state index in [1.165, 1.54) is 11.3 Å². The molecule has 32 heavy (non-hydrogen) atoms. The minimum Gasteiger partial charge on any atom is -0.294 e. The molecule has 0 amide bonds. The molecule has 0 fully saturated rings. The highest BCUT2D eigenvalue weighted by atomic mass is 79.9. The highest BCUT2D eigenvalue weighted by molar-refractivity contribution is 9.10. The van der Waals surface area contributed by atoms with E-state index < -0.39 is 6.04 Å². The van der Waals surface area contributed by atoms with E-state index in [0.717, 1.165) is 32.2 Å². The summed E-state index contributed by atoms with van der Waals surface area (Å²) in [6.45, 7) is 4.20. The number of nitrogens with zero attached hydrogens (tertiary/aromatic N) is 2. The second kappa shape index (κ2) is 8.04. The zero-order chi connectivity index (χ0) is 22.6. The number of aromatic nitrogens is 1. The van der Waals surface area contributed by atoms with Crippen LogP contribution in [0.2, 0.25) is 0 Å². The molecule has 0 saturated heterocycles. The normalized spacial score (nSPS) is 20.1. The topological polar surface area (TPSA) is 51.4 Å². The summed E-state index contributed by atoms with van der Waals surface area (Å²) < 4.78 is 4.21. The van der Waals surface area contributed by atoms with E-state index in [1.54, 1.807) is 4.57 Å². The van der Waals surface area contributed by atoms with Gasteiger partial charge in [0.15, 0.2) is 10.6 Å². The standard InChI is InChI=1S/C25H20Br2N2O2S/c1-25(2)12-18-21(19(30)13-25)22(15-6-8-16(26)9-7-15)29-23(31)20(32-24(29)28-18)11-14-4-3-5-17(27)10-14/h3-11,22H,12-13H2,1-2H3. The van der Waals surface area contributed by atoms with Crippen molar-refractivity contribution in [3.8, 4) is 0 Å². The molecule has 4 nitrogen and oxygen atoms in total. The number of carbonyl (C=O) groups is 1. The van der Waals surface area contributed by atoms with Gasteiger partial charge in [-0.1, -0.05) is 81.3 Å². The van der Waals surface area contributed by atoms with Crippen molar-refractivity contribution in [2.75, 3.05) is 0 Å². The Bertz CT molecular complexity index is 1460. The highest BCUT2D eigenvalue weighted by Crippen LogP contribution is 2.43. The second-order valence-corrected chi connectivity index (χ2v) is 11.8. The van der Waals surface area contributed by atoms with Gasteiger partial charge in [-0.25, -0.2) is 4.99 Å². The van der Waals surface area contributed by atoms with Crippen LogP contribution in [0.25, 0.3) is 6.08 Å². The Hall–Kier alpha value is -2.09. The number of allylic oxidation sites excluding steroid dienone is 2. The van der Waals surface area contributed by atoms with Gasteiger partial charge in [-0.15, -0.1) is 0 Å². The van der Waals surface area contributed by atoms with Crippen LogP contribution in [0, 0.1) is 5.41 Å². The van der Waals surface area contributed by atoms with Gasteiger partial charge in [0.05, 0.1) is 16.3 Å². The Morgan fingerprint density at radius 3 is 2.53 bits per heavy atom. The molecule has 1 atom stereocenters. The molecule has 5 rings (SSSR count). The largest absolute Gasteiger partial charge is 0.294 e. The molecule has 162 valence electrons. The third-order valence-electron chi connectivity index (χ3n) is 5.83. The van der Waals surface area contributed by atoms with Gasteiger partial charge in [-0.05, 0) is 53.3 Å². The first-order valence-electron chi connectivity index (χ1n) is 10.3. The zero-order valence-corrected chi connectivity index (χ0v) is 21.6. The molecule has 2 aliphatic rings. The van der Waals surface area contributed by atoms with Crippen molar-refractivity contribution < 1.29 is 4.79 Å². The van der Waals surface area contributed by atoms with E-state index in [0.29, 0.717) is 21.3 Å². The fourth-order valence-corrected chi connectivity index (χ4v) is 6.16. The SMILES string of the molecule is CC1(C)CC(=O)C2=C(C1)N=c1sc(=Cc3cccc(Br)c3)c(=O)n1C2c1ccc(Br)cc1. The summed E-state index contributed by atoms with van der Waals surface area (Å²) in [6.07, 6.45) is 3.07. The number of thiazole rings is 1. The van der Waals surface area contributed by atoms with Gasteiger partial charge in [0.1, 0.15) is 0 Å². The Morgan fingerprint density at radius 2 is 1.81 bits per heavy atom. The lowest BCUT2D eigenvalue weighted by molar-refractivity contribution is -0.118. The third-order valence-corrected chi connectivity index (χ3v) is 7.83. The number of fused-ring (bicyclic) bond motifs is 1. The van der Waals surface area contributed by atoms with E-state index >= 15 is 0 Å². The highest BCUT2D eigenvalue weighted by Gasteiger charge is 2.40. The number of Topliss-reactive ketones (excluding diaryl/α,β-unsaturated/α-hetero) is 1. The summed E-state index contributed by atoms with van der Waals surface area (Å²) >= 11 is 8.35. The van der Waals surface area contributed by atoms with Crippen LogP contribution in [0.1, 0.15) is 43.9 Å². The molecule has 0 N–H and O–H groups in total. The minimum absolute atomic E-state index is 0.0780. The van der Waals surface area contributed by atoms with Crippen LogP contribution >= 0.6 is 43.2 Å². The van der Waals surface area contributed by atoms with Gasteiger partial charge in [-0.2, -0.15) is 0 Å².